The van der Waals surface area contributed by atoms with Crippen LogP contribution >= 0.6 is 0 Å². The molecule has 0 fully saturated rings. The zero-order chi connectivity index (χ0) is 15.0. The maximum absolute atomic E-state index is 10.3. The van der Waals surface area contributed by atoms with E-state index in [1.54, 1.807) is 21.3 Å². The molecule has 1 aromatic rings. The van der Waals surface area contributed by atoms with E-state index in [1.165, 1.54) is 0 Å². The second-order valence-corrected chi connectivity index (χ2v) is 4.74. The molecule has 0 aliphatic rings. The zero-order valence-electron chi connectivity index (χ0n) is 12.8. The molecule has 1 aromatic carbocycles. The van der Waals surface area contributed by atoms with Crippen LogP contribution in [0.25, 0.3) is 0 Å². The standard InChI is InChI=1S/C15H25NO4/c1-16(8-5-9-18-2)11-13(17)12-6-7-14(19-3)15(10-12)20-4/h6-7,10,13,17H,5,8-9,11H2,1-4H3. The molecule has 1 N–H and O–H groups in total. The van der Waals surface area contributed by atoms with E-state index in [1.807, 2.05) is 25.2 Å². The normalized spacial score (nSPS) is 12.5. The van der Waals surface area contributed by atoms with Crippen molar-refractivity contribution in [1.82, 2.24) is 4.90 Å². The molecule has 5 nitrogen and oxygen atoms in total. The lowest BCUT2D eigenvalue weighted by Gasteiger charge is -2.21. The number of aliphatic hydroxyl groups is 1. The molecule has 5 heteroatoms. The van der Waals surface area contributed by atoms with E-state index in [4.69, 9.17) is 14.2 Å². The predicted molar refractivity (Wildman–Crippen MR) is 78.5 cm³/mol. The van der Waals surface area contributed by atoms with Gasteiger partial charge in [-0.3, -0.25) is 0 Å². The van der Waals surface area contributed by atoms with E-state index in [0.29, 0.717) is 18.0 Å². The van der Waals surface area contributed by atoms with Crippen LogP contribution in [0.4, 0.5) is 0 Å². The van der Waals surface area contributed by atoms with Crippen molar-refractivity contribution < 1.29 is 19.3 Å². The Morgan fingerprint density at radius 3 is 2.45 bits per heavy atom. The average molecular weight is 283 g/mol. The fourth-order valence-corrected chi connectivity index (χ4v) is 2.03. The lowest BCUT2D eigenvalue weighted by atomic mass is 10.1. The molecular formula is C15H25NO4. The van der Waals surface area contributed by atoms with E-state index in [-0.39, 0.29) is 0 Å². The number of benzene rings is 1. The van der Waals surface area contributed by atoms with Crippen molar-refractivity contribution in [1.29, 1.82) is 0 Å². The van der Waals surface area contributed by atoms with Crippen LogP contribution < -0.4 is 9.47 Å². The first-order valence-corrected chi connectivity index (χ1v) is 6.69. The quantitative estimate of drug-likeness (QED) is 0.699. The Balaban J connectivity index is 2.60. The third-order valence-corrected chi connectivity index (χ3v) is 3.17. The molecular weight excluding hydrogens is 258 g/mol. The van der Waals surface area contributed by atoms with Crippen molar-refractivity contribution >= 4 is 0 Å². The number of hydrogen-bond donors (Lipinski definition) is 1. The molecule has 114 valence electrons. The number of nitrogens with zero attached hydrogens (tertiary/aromatic N) is 1. The SMILES string of the molecule is COCCCN(C)CC(O)c1ccc(OC)c(OC)c1. The van der Waals surface area contributed by atoms with Gasteiger partial charge in [-0.1, -0.05) is 6.07 Å². The molecule has 0 heterocycles. The largest absolute Gasteiger partial charge is 0.493 e. The van der Waals surface area contributed by atoms with Crippen LogP contribution in [0.15, 0.2) is 18.2 Å². The summed E-state index contributed by atoms with van der Waals surface area (Å²) in [5.41, 5.74) is 0.821. The zero-order valence-corrected chi connectivity index (χ0v) is 12.8. The number of rotatable bonds is 9. The van der Waals surface area contributed by atoms with Gasteiger partial charge in [-0.25, -0.2) is 0 Å². The van der Waals surface area contributed by atoms with Crippen molar-refractivity contribution in [3.8, 4) is 11.5 Å². The lowest BCUT2D eigenvalue weighted by Crippen LogP contribution is -2.26. The first-order chi connectivity index (χ1) is 9.62. The maximum Gasteiger partial charge on any atom is 0.161 e. The summed E-state index contributed by atoms with van der Waals surface area (Å²) in [4.78, 5) is 2.08. The lowest BCUT2D eigenvalue weighted by molar-refractivity contribution is 0.117. The monoisotopic (exact) mass is 283 g/mol. The van der Waals surface area contributed by atoms with Crippen LogP contribution in [-0.4, -0.2) is 58.1 Å². The first-order valence-electron chi connectivity index (χ1n) is 6.69. The smallest absolute Gasteiger partial charge is 0.161 e. The topological polar surface area (TPSA) is 51.2 Å². The first kappa shape index (κ1) is 16.8. The average Bonchev–Trinajstić information content (AvgIpc) is 2.46. The number of likely N-dealkylation sites (N-methyl/N-ethyl adjacent to an activating group) is 1. The van der Waals surface area contributed by atoms with Gasteiger partial charge in [0.1, 0.15) is 0 Å². The highest BCUT2D eigenvalue weighted by Crippen LogP contribution is 2.30. The summed E-state index contributed by atoms with van der Waals surface area (Å²) >= 11 is 0. The Labute approximate surface area is 121 Å². The van der Waals surface area contributed by atoms with Crippen LogP contribution in [0.5, 0.6) is 11.5 Å². The van der Waals surface area contributed by atoms with Gasteiger partial charge in [-0.2, -0.15) is 0 Å². The Morgan fingerprint density at radius 1 is 1.15 bits per heavy atom. The van der Waals surface area contributed by atoms with Crippen molar-refractivity contribution in [2.24, 2.45) is 0 Å². The maximum atomic E-state index is 10.3. The van der Waals surface area contributed by atoms with Gasteiger partial charge in [0.15, 0.2) is 11.5 Å². The van der Waals surface area contributed by atoms with Gasteiger partial charge in [0.25, 0.3) is 0 Å². The van der Waals surface area contributed by atoms with E-state index in [9.17, 15) is 5.11 Å². The highest BCUT2D eigenvalue weighted by Gasteiger charge is 2.13. The summed E-state index contributed by atoms with van der Waals surface area (Å²) in [6.07, 6.45) is 0.397. The molecule has 0 spiro atoms. The number of ether oxygens (including phenoxy) is 3. The minimum absolute atomic E-state index is 0.553. The number of hydrogen-bond acceptors (Lipinski definition) is 5. The predicted octanol–water partition coefficient (Wildman–Crippen LogP) is 1.71. The van der Waals surface area contributed by atoms with Gasteiger partial charge in [0, 0.05) is 26.8 Å². The molecule has 1 unspecified atom stereocenters. The highest BCUT2D eigenvalue weighted by molar-refractivity contribution is 5.43. The molecule has 20 heavy (non-hydrogen) atoms. The van der Waals surface area contributed by atoms with E-state index >= 15 is 0 Å². The van der Waals surface area contributed by atoms with Crippen LogP contribution in [0.2, 0.25) is 0 Å². The van der Waals surface area contributed by atoms with Crippen LogP contribution in [0, 0.1) is 0 Å². The Bertz CT molecular complexity index is 397. The Morgan fingerprint density at radius 2 is 1.85 bits per heavy atom. The Hall–Kier alpha value is -1.30. The minimum Gasteiger partial charge on any atom is -0.493 e. The van der Waals surface area contributed by atoms with E-state index in [2.05, 4.69) is 4.90 Å². The van der Waals surface area contributed by atoms with Gasteiger partial charge in [-0.05, 0) is 31.2 Å². The van der Waals surface area contributed by atoms with Crippen molar-refractivity contribution in [2.75, 3.05) is 48.1 Å². The summed E-state index contributed by atoms with van der Waals surface area (Å²) in [5, 5.41) is 10.3. The second kappa shape index (κ2) is 8.79. The summed E-state index contributed by atoms with van der Waals surface area (Å²) < 4.78 is 15.4. The summed E-state index contributed by atoms with van der Waals surface area (Å²) in [6, 6.07) is 5.48. The molecule has 0 bridgehead atoms. The summed E-state index contributed by atoms with van der Waals surface area (Å²) in [6.45, 7) is 2.19. The number of methoxy groups -OCH3 is 3. The van der Waals surface area contributed by atoms with E-state index in [0.717, 1.165) is 25.1 Å². The number of aliphatic hydroxyl groups excluding tert-OH is 1. The van der Waals surface area contributed by atoms with Gasteiger partial charge in [0.05, 0.1) is 20.3 Å². The van der Waals surface area contributed by atoms with Gasteiger partial charge < -0.3 is 24.2 Å². The second-order valence-electron chi connectivity index (χ2n) is 4.74. The molecule has 0 aromatic heterocycles. The molecule has 0 aliphatic carbocycles. The van der Waals surface area contributed by atoms with Crippen LogP contribution in [0.3, 0.4) is 0 Å². The van der Waals surface area contributed by atoms with Crippen LogP contribution in [-0.2, 0) is 4.74 Å². The molecule has 0 radical (unpaired) electrons. The molecule has 1 atom stereocenters. The fourth-order valence-electron chi connectivity index (χ4n) is 2.03. The summed E-state index contributed by atoms with van der Waals surface area (Å²) in [5.74, 6) is 1.29. The fraction of sp³-hybridized carbons (Fsp3) is 0.600. The van der Waals surface area contributed by atoms with E-state index < -0.39 is 6.10 Å². The third-order valence-electron chi connectivity index (χ3n) is 3.17. The van der Waals surface area contributed by atoms with Crippen molar-refractivity contribution in [3.63, 3.8) is 0 Å². The van der Waals surface area contributed by atoms with Gasteiger partial charge >= 0.3 is 0 Å². The molecule has 0 saturated heterocycles. The molecule has 0 aliphatic heterocycles. The minimum atomic E-state index is -0.553. The van der Waals surface area contributed by atoms with Crippen molar-refractivity contribution in [2.45, 2.75) is 12.5 Å². The van der Waals surface area contributed by atoms with Crippen LogP contribution in [0.1, 0.15) is 18.1 Å². The van der Waals surface area contributed by atoms with Gasteiger partial charge in [0.2, 0.25) is 0 Å². The molecule has 1 rings (SSSR count). The van der Waals surface area contributed by atoms with Gasteiger partial charge in [-0.15, -0.1) is 0 Å². The Kier molecular flexibility index (Phi) is 7.36. The molecule has 0 amide bonds. The summed E-state index contributed by atoms with van der Waals surface area (Å²) in [7, 11) is 6.86. The third kappa shape index (κ3) is 5.00. The molecule has 0 saturated carbocycles. The highest BCUT2D eigenvalue weighted by atomic mass is 16.5. The van der Waals surface area contributed by atoms with Crippen molar-refractivity contribution in [3.05, 3.63) is 23.8 Å².